The van der Waals surface area contributed by atoms with Gasteiger partial charge in [0.15, 0.2) is 0 Å². The van der Waals surface area contributed by atoms with Crippen molar-refractivity contribution in [2.24, 2.45) is 0 Å². The van der Waals surface area contributed by atoms with Crippen molar-refractivity contribution in [2.45, 2.75) is 45.1 Å². The largest absolute Gasteiger partial charge is 0.356 e. The SMILES string of the molecule is CCCCCNC(=O)CC1CC(=O)NC(=O)N1. The average molecular weight is 241 g/mol. The Morgan fingerprint density at radius 3 is 2.82 bits per heavy atom. The fourth-order valence-corrected chi connectivity index (χ4v) is 1.70. The molecule has 1 fully saturated rings. The number of unbranched alkanes of at least 4 members (excludes halogenated alkanes) is 2. The van der Waals surface area contributed by atoms with Crippen molar-refractivity contribution in [3.05, 3.63) is 0 Å². The summed E-state index contributed by atoms with van der Waals surface area (Å²) in [5.41, 5.74) is 0. The van der Waals surface area contributed by atoms with E-state index in [0.717, 1.165) is 19.3 Å². The van der Waals surface area contributed by atoms with Crippen LogP contribution in [0.2, 0.25) is 0 Å². The molecule has 0 radical (unpaired) electrons. The van der Waals surface area contributed by atoms with Crippen molar-refractivity contribution in [3.8, 4) is 0 Å². The quantitative estimate of drug-likeness (QED) is 0.584. The molecule has 1 atom stereocenters. The van der Waals surface area contributed by atoms with Gasteiger partial charge in [0.05, 0.1) is 0 Å². The minimum atomic E-state index is -0.523. The number of imide groups is 1. The first-order valence-electron chi connectivity index (χ1n) is 5.99. The van der Waals surface area contributed by atoms with Crippen molar-refractivity contribution in [3.63, 3.8) is 0 Å². The third kappa shape index (κ3) is 5.33. The van der Waals surface area contributed by atoms with Gasteiger partial charge in [0.25, 0.3) is 0 Å². The molecule has 0 aromatic carbocycles. The standard InChI is InChI=1S/C11H19N3O3/c1-2-3-4-5-12-9(15)6-8-7-10(16)14-11(17)13-8/h8H,2-7H2,1H3,(H,12,15)(H2,13,14,16,17). The monoisotopic (exact) mass is 241 g/mol. The Kier molecular flexibility index (Phi) is 5.45. The van der Waals surface area contributed by atoms with Gasteiger partial charge in [0, 0.05) is 25.4 Å². The third-order valence-electron chi connectivity index (χ3n) is 2.55. The molecule has 0 spiro atoms. The molecule has 3 N–H and O–H groups in total. The van der Waals surface area contributed by atoms with Crippen LogP contribution in [0.25, 0.3) is 0 Å². The predicted octanol–water partition coefficient (Wildman–Crippen LogP) is 0.281. The van der Waals surface area contributed by atoms with Crippen molar-refractivity contribution in [2.75, 3.05) is 6.54 Å². The van der Waals surface area contributed by atoms with E-state index in [0.29, 0.717) is 6.54 Å². The number of rotatable bonds is 6. The number of carbonyl (C=O) groups is 3. The van der Waals surface area contributed by atoms with E-state index in [1.165, 1.54) is 0 Å². The molecule has 1 aliphatic rings. The first-order chi connectivity index (χ1) is 8.11. The Balaban J connectivity index is 2.21. The summed E-state index contributed by atoms with van der Waals surface area (Å²) in [6.45, 7) is 2.75. The average Bonchev–Trinajstić information content (AvgIpc) is 2.23. The fraction of sp³-hybridized carbons (Fsp3) is 0.727. The van der Waals surface area contributed by atoms with Crippen LogP contribution in [-0.2, 0) is 9.59 Å². The van der Waals surface area contributed by atoms with Gasteiger partial charge in [-0.25, -0.2) is 4.79 Å². The topological polar surface area (TPSA) is 87.3 Å². The number of amides is 4. The first-order valence-corrected chi connectivity index (χ1v) is 5.99. The number of hydrogen-bond acceptors (Lipinski definition) is 3. The van der Waals surface area contributed by atoms with Crippen molar-refractivity contribution >= 4 is 17.8 Å². The smallest absolute Gasteiger partial charge is 0.321 e. The van der Waals surface area contributed by atoms with Crippen LogP contribution in [0.5, 0.6) is 0 Å². The summed E-state index contributed by atoms with van der Waals surface area (Å²) in [6, 6.07) is -0.910. The molecule has 1 heterocycles. The van der Waals surface area contributed by atoms with Gasteiger partial charge in [-0.05, 0) is 6.42 Å². The molecule has 6 heteroatoms. The Hall–Kier alpha value is -1.59. The van der Waals surface area contributed by atoms with E-state index in [2.05, 4.69) is 22.9 Å². The van der Waals surface area contributed by atoms with Gasteiger partial charge >= 0.3 is 6.03 Å². The number of urea groups is 1. The number of hydrogen-bond donors (Lipinski definition) is 3. The molecular weight excluding hydrogens is 222 g/mol. The number of nitrogens with one attached hydrogen (secondary N) is 3. The summed E-state index contributed by atoms with van der Waals surface area (Å²) in [4.78, 5) is 33.5. The molecule has 4 amide bonds. The highest BCUT2D eigenvalue weighted by Crippen LogP contribution is 2.03. The van der Waals surface area contributed by atoms with Crippen LogP contribution in [0.4, 0.5) is 4.79 Å². The predicted molar refractivity (Wildman–Crippen MR) is 62.2 cm³/mol. The second-order valence-corrected chi connectivity index (χ2v) is 4.18. The highest BCUT2D eigenvalue weighted by Gasteiger charge is 2.25. The molecule has 0 aliphatic carbocycles. The summed E-state index contributed by atoms with van der Waals surface area (Å²) in [6.07, 6.45) is 3.47. The molecule has 17 heavy (non-hydrogen) atoms. The van der Waals surface area contributed by atoms with Gasteiger partial charge in [-0.3, -0.25) is 14.9 Å². The molecular formula is C11H19N3O3. The fourth-order valence-electron chi connectivity index (χ4n) is 1.70. The van der Waals surface area contributed by atoms with E-state index >= 15 is 0 Å². The first kappa shape index (κ1) is 13.5. The molecule has 0 aromatic heterocycles. The zero-order valence-electron chi connectivity index (χ0n) is 10.0. The van der Waals surface area contributed by atoms with Crippen LogP contribution in [-0.4, -0.2) is 30.4 Å². The molecule has 0 saturated carbocycles. The van der Waals surface area contributed by atoms with E-state index in [4.69, 9.17) is 0 Å². The second-order valence-electron chi connectivity index (χ2n) is 4.18. The third-order valence-corrected chi connectivity index (χ3v) is 2.55. The van der Waals surface area contributed by atoms with Gasteiger partial charge in [-0.15, -0.1) is 0 Å². The minimum Gasteiger partial charge on any atom is -0.356 e. The molecule has 1 unspecified atom stereocenters. The maximum Gasteiger partial charge on any atom is 0.321 e. The van der Waals surface area contributed by atoms with Gasteiger partial charge in [0.1, 0.15) is 0 Å². The molecule has 1 rings (SSSR count). The van der Waals surface area contributed by atoms with Crippen LogP contribution in [0.15, 0.2) is 0 Å². The molecule has 1 aliphatic heterocycles. The molecule has 96 valence electrons. The van der Waals surface area contributed by atoms with Crippen LogP contribution in [0, 0.1) is 0 Å². The van der Waals surface area contributed by atoms with Gasteiger partial charge < -0.3 is 10.6 Å². The lowest BCUT2D eigenvalue weighted by Gasteiger charge is -2.22. The van der Waals surface area contributed by atoms with E-state index in [1.807, 2.05) is 0 Å². The summed E-state index contributed by atoms with van der Waals surface area (Å²) in [5.74, 6) is -0.460. The number of carbonyl (C=O) groups excluding carboxylic acids is 3. The highest BCUT2D eigenvalue weighted by molar-refractivity contribution is 5.97. The van der Waals surface area contributed by atoms with E-state index in [-0.39, 0.29) is 30.7 Å². The summed E-state index contributed by atoms with van der Waals surface area (Å²) >= 11 is 0. The molecule has 6 nitrogen and oxygen atoms in total. The summed E-state index contributed by atoms with van der Waals surface area (Å²) in [5, 5.41) is 7.44. The van der Waals surface area contributed by atoms with Crippen molar-refractivity contribution < 1.29 is 14.4 Å². The van der Waals surface area contributed by atoms with E-state index in [9.17, 15) is 14.4 Å². The lowest BCUT2D eigenvalue weighted by molar-refractivity contribution is -0.123. The molecule has 1 saturated heterocycles. The zero-order valence-corrected chi connectivity index (χ0v) is 10.0. The molecule has 0 aromatic rings. The van der Waals surface area contributed by atoms with Crippen LogP contribution >= 0.6 is 0 Å². The van der Waals surface area contributed by atoms with Gasteiger partial charge in [0.2, 0.25) is 11.8 Å². The Bertz CT molecular complexity index is 288. The zero-order chi connectivity index (χ0) is 12.7. The van der Waals surface area contributed by atoms with E-state index < -0.39 is 6.03 Å². The maximum atomic E-state index is 11.5. The van der Waals surface area contributed by atoms with Crippen molar-refractivity contribution in [1.29, 1.82) is 0 Å². The van der Waals surface area contributed by atoms with Crippen LogP contribution in [0.1, 0.15) is 39.0 Å². The normalized spacial score (nSPS) is 19.5. The second kappa shape index (κ2) is 6.88. The molecule has 0 bridgehead atoms. The lowest BCUT2D eigenvalue weighted by Crippen LogP contribution is -2.53. The highest BCUT2D eigenvalue weighted by atomic mass is 16.2. The van der Waals surface area contributed by atoms with Gasteiger partial charge in [-0.1, -0.05) is 19.8 Å². The Morgan fingerprint density at radius 2 is 2.18 bits per heavy atom. The lowest BCUT2D eigenvalue weighted by atomic mass is 10.1. The van der Waals surface area contributed by atoms with Crippen LogP contribution < -0.4 is 16.0 Å². The van der Waals surface area contributed by atoms with Gasteiger partial charge in [-0.2, -0.15) is 0 Å². The van der Waals surface area contributed by atoms with E-state index in [1.54, 1.807) is 0 Å². The van der Waals surface area contributed by atoms with Crippen molar-refractivity contribution in [1.82, 2.24) is 16.0 Å². The minimum absolute atomic E-state index is 0.124. The summed E-state index contributed by atoms with van der Waals surface area (Å²) in [7, 11) is 0. The summed E-state index contributed by atoms with van der Waals surface area (Å²) < 4.78 is 0. The Morgan fingerprint density at radius 1 is 1.41 bits per heavy atom. The van der Waals surface area contributed by atoms with Crippen LogP contribution in [0.3, 0.4) is 0 Å². The Labute approximate surface area is 101 Å². The maximum absolute atomic E-state index is 11.5.